The third-order valence-electron chi connectivity index (χ3n) is 3.94. The van der Waals surface area contributed by atoms with Gasteiger partial charge in [0, 0.05) is 0 Å². The van der Waals surface area contributed by atoms with Crippen LogP contribution in [0.15, 0.2) is 6.20 Å². The molecule has 0 radical (unpaired) electrons. The minimum atomic E-state index is 0.328. The smallest absolute Gasteiger partial charge is 0.135 e. The maximum absolute atomic E-state index is 6.13. The summed E-state index contributed by atoms with van der Waals surface area (Å²) >= 11 is 2.26. The molecule has 0 aliphatic heterocycles. The predicted molar refractivity (Wildman–Crippen MR) is 79.8 cm³/mol. The summed E-state index contributed by atoms with van der Waals surface area (Å²) in [5.41, 5.74) is 6.46. The van der Waals surface area contributed by atoms with Gasteiger partial charge in [0.25, 0.3) is 0 Å². The molecule has 2 N–H and O–H groups in total. The largest absolute Gasteiger partial charge is 0.383 e. The van der Waals surface area contributed by atoms with Crippen LogP contribution in [-0.2, 0) is 0 Å². The number of nitrogen functional groups attached to an aromatic ring is 1. The molecule has 1 heterocycles. The van der Waals surface area contributed by atoms with E-state index in [4.69, 9.17) is 5.73 Å². The molecule has 4 heteroatoms. The lowest BCUT2D eigenvalue weighted by Gasteiger charge is -2.40. The summed E-state index contributed by atoms with van der Waals surface area (Å²) in [5.74, 6) is 1.51. The van der Waals surface area contributed by atoms with Crippen LogP contribution in [0.2, 0.25) is 0 Å². The molecule has 1 saturated carbocycles. The highest BCUT2D eigenvalue weighted by Gasteiger charge is 2.36. The van der Waals surface area contributed by atoms with Crippen LogP contribution in [0.5, 0.6) is 0 Å². The van der Waals surface area contributed by atoms with Crippen molar-refractivity contribution in [2.75, 3.05) is 5.73 Å². The topological polar surface area (TPSA) is 43.8 Å². The van der Waals surface area contributed by atoms with E-state index in [-0.39, 0.29) is 0 Å². The van der Waals surface area contributed by atoms with E-state index in [9.17, 15) is 0 Å². The molecule has 0 bridgehead atoms. The highest BCUT2D eigenvalue weighted by molar-refractivity contribution is 14.1. The zero-order chi connectivity index (χ0) is 12.6. The molecule has 2 atom stereocenters. The van der Waals surface area contributed by atoms with Gasteiger partial charge in [0.15, 0.2) is 0 Å². The molecule has 2 rings (SSSR count). The second-order valence-corrected chi connectivity index (χ2v) is 7.31. The molecule has 96 valence electrons. The van der Waals surface area contributed by atoms with E-state index in [1.54, 1.807) is 0 Å². The maximum atomic E-state index is 6.13. The van der Waals surface area contributed by atoms with Crippen LogP contribution in [0, 0.1) is 14.9 Å². The zero-order valence-electron chi connectivity index (χ0n) is 10.9. The van der Waals surface area contributed by atoms with Crippen molar-refractivity contribution in [3.05, 3.63) is 9.77 Å². The average molecular weight is 347 g/mol. The SMILES string of the molecule is CC(C)(C)C1CCCCC1n1ncc(I)c1N. The van der Waals surface area contributed by atoms with Crippen LogP contribution >= 0.6 is 22.6 Å². The summed E-state index contributed by atoms with van der Waals surface area (Å²) in [5, 5.41) is 4.49. The number of nitrogens with two attached hydrogens (primary N) is 1. The van der Waals surface area contributed by atoms with E-state index in [1.165, 1.54) is 25.7 Å². The summed E-state index contributed by atoms with van der Waals surface area (Å²) in [6.07, 6.45) is 7.03. The van der Waals surface area contributed by atoms with Crippen LogP contribution in [0.25, 0.3) is 0 Å². The fourth-order valence-corrected chi connectivity index (χ4v) is 3.40. The second-order valence-electron chi connectivity index (χ2n) is 6.15. The fourth-order valence-electron chi connectivity index (χ4n) is 3.03. The Morgan fingerprint density at radius 1 is 1.35 bits per heavy atom. The van der Waals surface area contributed by atoms with Crippen LogP contribution in [0.1, 0.15) is 52.5 Å². The van der Waals surface area contributed by atoms with Crippen molar-refractivity contribution >= 4 is 28.4 Å². The molecular formula is C13H22IN3. The number of hydrogen-bond donors (Lipinski definition) is 1. The van der Waals surface area contributed by atoms with E-state index < -0.39 is 0 Å². The molecule has 1 aromatic rings. The molecule has 0 saturated heterocycles. The number of halogens is 1. The number of hydrogen-bond acceptors (Lipinski definition) is 2. The second kappa shape index (κ2) is 4.78. The normalized spacial score (nSPS) is 26.1. The van der Waals surface area contributed by atoms with Gasteiger partial charge in [-0.1, -0.05) is 33.6 Å². The van der Waals surface area contributed by atoms with Gasteiger partial charge in [-0.3, -0.25) is 0 Å². The summed E-state index contributed by atoms with van der Waals surface area (Å²) in [7, 11) is 0. The van der Waals surface area contributed by atoms with Crippen LogP contribution in [0.3, 0.4) is 0 Å². The molecule has 0 aromatic carbocycles. The first kappa shape index (κ1) is 13.2. The molecule has 3 nitrogen and oxygen atoms in total. The van der Waals surface area contributed by atoms with Crippen molar-refractivity contribution < 1.29 is 0 Å². The van der Waals surface area contributed by atoms with Gasteiger partial charge in [-0.25, -0.2) is 4.68 Å². The first-order valence-electron chi connectivity index (χ1n) is 6.39. The Labute approximate surface area is 117 Å². The predicted octanol–water partition coefficient (Wildman–Crippen LogP) is 3.85. The van der Waals surface area contributed by atoms with Gasteiger partial charge in [0.2, 0.25) is 0 Å². The quantitative estimate of drug-likeness (QED) is 0.785. The van der Waals surface area contributed by atoms with Gasteiger partial charge >= 0.3 is 0 Å². The van der Waals surface area contributed by atoms with Crippen molar-refractivity contribution in [1.82, 2.24) is 9.78 Å². The summed E-state index contributed by atoms with van der Waals surface area (Å²) in [6.45, 7) is 7.00. The molecule has 1 aromatic heterocycles. The summed E-state index contributed by atoms with van der Waals surface area (Å²) in [6, 6.07) is 0.479. The Bertz CT molecular complexity index is 392. The number of nitrogens with zero attached hydrogens (tertiary/aromatic N) is 2. The van der Waals surface area contributed by atoms with Crippen LogP contribution in [0.4, 0.5) is 5.82 Å². The Balaban J connectivity index is 2.31. The number of aromatic nitrogens is 2. The van der Waals surface area contributed by atoms with Crippen molar-refractivity contribution in [1.29, 1.82) is 0 Å². The Morgan fingerprint density at radius 2 is 2.00 bits per heavy atom. The van der Waals surface area contributed by atoms with Gasteiger partial charge in [-0.15, -0.1) is 0 Å². The first-order chi connectivity index (χ1) is 7.91. The van der Waals surface area contributed by atoms with Crippen molar-refractivity contribution in [3.63, 3.8) is 0 Å². The Morgan fingerprint density at radius 3 is 2.53 bits per heavy atom. The molecule has 1 fully saturated rings. The average Bonchev–Trinajstić information content (AvgIpc) is 2.59. The first-order valence-corrected chi connectivity index (χ1v) is 7.47. The van der Waals surface area contributed by atoms with Gasteiger partial charge in [-0.05, 0) is 46.8 Å². The lowest BCUT2D eigenvalue weighted by Crippen LogP contribution is -2.33. The van der Waals surface area contributed by atoms with Gasteiger partial charge < -0.3 is 5.73 Å². The van der Waals surface area contributed by atoms with Crippen molar-refractivity contribution in [2.45, 2.75) is 52.5 Å². The van der Waals surface area contributed by atoms with Crippen molar-refractivity contribution in [2.24, 2.45) is 11.3 Å². The number of anilines is 1. The molecular weight excluding hydrogens is 325 g/mol. The fraction of sp³-hybridized carbons (Fsp3) is 0.769. The third-order valence-corrected chi connectivity index (χ3v) is 4.77. The highest BCUT2D eigenvalue weighted by Crippen LogP contribution is 2.45. The molecule has 1 aliphatic carbocycles. The van der Waals surface area contributed by atoms with Gasteiger partial charge in [-0.2, -0.15) is 5.10 Å². The van der Waals surface area contributed by atoms with E-state index >= 15 is 0 Å². The molecule has 0 amide bonds. The monoisotopic (exact) mass is 347 g/mol. The Hall–Kier alpha value is -0.260. The molecule has 0 spiro atoms. The van der Waals surface area contributed by atoms with Gasteiger partial charge in [0.05, 0.1) is 15.8 Å². The highest BCUT2D eigenvalue weighted by atomic mass is 127. The maximum Gasteiger partial charge on any atom is 0.135 e. The standard InChI is InChI=1S/C13H22IN3/c1-13(2,3)9-6-4-5-7-11(9)17-12(15)10(14)8-16-17/h8-9,11H,4-7,15H2,1-3H3. The lowest BCUT2D eigenvalue weighted by molar-refractivity contribution is 0.107. The summed E-state index contributed by atoms with van der Waals surface area (Å²) in [4.78, 5) is 0. The third kappa shape index (κ3) is 2.61. The minimum Gasteiger partial charge on any atom is -0.383 e. The molecule has 2 unspecified atom stereocenters. The minimum absolute atomic E-state index is 0.328. The Kier molecular flexibility index (Phi) is 3.71. The van der Waals surface area contributed by atoms with E-state index in [2.05, 4.69) is 53.1 Å². The molecule has 1 aliphatic rings. The van der Waals surface area contributed by atoms with E-state index in [0.29, 0.717) is 17.4 Å². The van der Waals surface area contributed by atoms with Crippen LogP contribution in [-0.4, -0.2) is 9.78 Å². The van der Waals surface area contributed by atoms with E-state index in [0.717, 1.165) is 9.39 Å². The number of rotatable bonds is 1. The zero-order valence-corrected chi connectivity index (χ0v) is 13.1. The van der Waals surface area contributed by atoms with E-state index in [1.807, 2.05) is 6.20 Å². The van der Waals surface area contributed by atoms with Crippen molar-refractivity contribution in [3.8, 4) is 0 Å². The molecule has 17 heavy (non-hydrogen) atoms. The van der Waals surface area contributed by atoms with Gasteiger partial charge in [0.1, 0.15) is 5.82 Å². The lowest BCUT2D eigenvalue weighted by atomic mass is 9.69. The van der Waals surface area contributed by atoms with Crippen LogP contribution < -0.4 is 5.73 Å². The summed E-state index contributed by atoms with van der Waals surface area (Å²) < 4.78 is 3.14.